The highest BCUT2D eigenvalue weighted by Crippen LogP contribution is 2.12. The second-order valence-corrected chi connectivity index (χ2v) is 4.14. The Labute approximate surface area is 102 Å². The first-order chi connectivity index (χ1) is 8.28. The van der Waals surface area contributed by atoms with Crippen LogP contribution in [-0.4, -0.2) is 30.4 Å². The van der Waals surface area contributed by atoms with Gasteiger partial charge in [0.15, 0.2) is 5.78 Å². The van der Waals surface area contributed by atoms with Gasteiger partial charge in [-0.25, -0.2) is 0 Å². The summed E-state index contributed by atoms with van der Waals surface area (Å²) in [5, 5.41) is 0. The fourth-order valence-corrected chi connectivity index (χ4v) is 1.99. The Morgan fingerprint density at radius 2 is 2.00 bits per heavy atom. The molecule has 0 amide bonds. The molecule has 0 N–H and O–H groups in total. The Morgan fingerprint density at radius 3 is 2.71 bits per heavy atom. The maximum Gasteiger partial charge on any atom is 0.173 e. The summed E-state index contributed by atoms with van der Waals surface area (Å²) < 4.78 is 5.42. The summed E-state index contributed by atoms with van der Waals surface area (Å²) in [4.78, 5) is 13.7. The quantitative estimate of drug-likeness (QED) is 0.793. The van der Waals surface area contributed by atoms with E-state index in [0.29, 0.717) is 19.7 Å². The first kappa shape index (κ1) is 11.9. The first-order valence-corrected chi connectivity index (χ1v) is 5.90. The zero-order valence-corrected chi connectivity index (χ0v) is 10.1. The van der Waals surface area contributed by atoms with Crippen molar-refractivity contribution in [1.29, 1.82) is 0 Å². The molecular formula is C14H17NO2. The van der Waals surface area contributed by atoms with Crippen molar-refractivity contribution in [3.8, 4) is 0 Å². The van der Waals surface area contributed by atoms with Crippen molar-refractivity contribution >= 4 is 5.78 Å². The molecule has 1 aromatic rings. The largest absolute Gasteiger partial charge is 0.497 e. The van der Waals surface area contributed by atoms with Gasteiger partial charge in [0.2, 0.25) is 0 Å². The van der Waals surface area contributed by atoms with Crippen LogP contribution in [-0.2, 0) is 16.1 Å². The Bertz CT molecular complexity index is 411. The predicted molar refractivity (Wildman–Crippen MR) is 66.4 cm³/mol. The number of nitrogens with zero attached hydrogens (tertiary/aromatic N) is 1. The Balaban J connectivity index is 1.99. The monoisotopic (exact) mass is 231 g/mol. The van der Waals surface area contributed by atoms with Gasteiger partial charge in [0.25, 0.3) is 0 Å². The molecule has 90 valence electrons. The van der Waals surface area contributed by atoms with Crippen molar-refractivity contribution in [2.24, 2.45) is 0 Å². The number of carbonyl (C=O) groups excluding carboxylic acids is 1. The summed E-state index contributed by atoms with van der Waals surface area (Å²) in [7, 11) is 0. The van der Waals surface area contributed by atoms with Crippen LogP contribution >= 0.6 is 0 Å². The summed E-state index contributed by atoms with van der Waals surface area (Å²) in [6, 6.07) is 10.2. The third kappa shape index (κ3) is 3.43. The Hall–Kier alpha value is -1.61. The summed E-state index contributed by atoms with van der Waals surface area (Å²) in [5.74, 6) is 0.898. The lowest BCUT2D eigenvalue weighted by molar-refractivity contribution is -0.116. The van der Waals surface area contributed by atoms with E-state index in [-0.39, 0.29) is 5.78 Å². The molecule has 1 aliphatic heterocycles. The van der Waals surface area contributed by atoms with E-state index in [4.69, 9.17) is 4.74 Å². The van der Waals surface area contributed by atoms with Gasteiger partial charge in [-0.1, -0.05) is 30.3 Å². The van der Waals surface area contributed by atoms with Gasteiger partial charge >= 0.3 is 0 Å². The maximum atomic E-state index is 11.6. The van der Waals surface area contributed by atoms with Crippen LogP contribution in [0.15, 0.2) is 42.2 Å². The van der Waals surface area contributed by atoms with E-state index in [0.717, 1.165) is 12.3 Å². The van der Waals surface area contributed by atoms with Gasteiger partial charge in [-0.3, -0.25) is 9.69 Å². The van der Waals surface area contributed by atoms with Crippen molar-refractivity contribution in [3.05, 3.63) is 47.7 Å². The average Bonchev–Trinajstić information content (AvgIpc) is 2.30. The molecule has 0 bridgehead atoms. The van der Waals surface area contributed by atoms with E-state index in [1.54, 1.807) is 6.08 Å². The topological polar surface area (TPSA) is 29.5 Å². The fourth-order valence-electron chi connectivity index (χ4n) is 1.99. The third-order valence-electron chi connectivity index (χ3n) is 2.66. The van der Waals surface area contributed by atoms with Gasteiger partial charge in [0.1, 0.15) is 5.76 Å². The average molecular weight is 231 g/mol. The molecule has 2 rings (SSSR count). The molecule has 0 saturated carbocycles. The summed E-state index contributed by atoms with van der Waals surface area (Å²) in [6.07, 6.45) is 1.62. The van der Waals surface area contributed by atoms with E-state index in [1.807, 2.05) is 25.1 Å². The van der Waals surface area contributed by atoms with Crippen LogP contribution in [0.1, 0.15) is 12.5 Å². The van der Waals surface area contributed by atoms with Crippen molar-refractivity contribution < 1.29 is 9.53 Å². The van der Waals surface area contributed by atoms with Gasteiger partial charge in [-0.15, -0.1) is 0 Å². The summed E-state index contributed by atoms with van der Waals surface area (Å²) in [5.41, 5.74) is 1.22. The highest BCUT2D eigenvalue weighted by Gasteiger charge is 2.18. The number of rotatable bonds is 4. The number of carbonyl (C=O) groups is 1. The normalized spacial score (nSPS) is 16.8. The SMILES string of the molecule is CCOC1=CC(=O)CN(Cc2ccccc2)C1. The standard InChI is InChI=1S/C14H17NO2/c1-2-17-14-8-13(16)10-15(11-14)9-12-6-4-3-5-7-12/h3-8H,2,9-11H2,1H3. The van der Waals surface area contributed by atoms with Gasteiger partial charge < -0.3 is 4.74 Å². The number of hydrogen-bond donors (Lipinski definition) is 0. The number of ketones is 1. The highest BCUT2D eigenvalue weighted by molar-refractivity contribution is 5.92. The van der Waals surface area contributed by atoms with Crippen LogP contribution in [0.3, 0.4) is 0 Å². The lowest BCUT2D eigenvalue weighted by atomic mass is 10.1. The number of benzene rings is 1. The molecular weight excluding hydrogens is 214 g/mol. The molecule has 0 saturated heterocycles. The fraction of sp³-hybridized carbons (Fsp3) is 0.357. The molecule has 1 aliphatic rings. The molecule has 1 heterocycles. The van der Waals surface area contributed by atoms with Crippen LogP contribution in [0.5, 0.6) is 0 Å². The minimum Gasteiger partial charge on any atom is -0.497 e. The van der Waals surface area contributed by atoms with Gasteiger partial charge in [0.05, 0.1) is 19.7 Å². The van der Waals surface area contributed by atoms with Crippen molar-refractivity contribution in [2.75, 3.05) is 19.7 Å². The van der Waals surface area contributed by atoms with Crippen LogP contribution in [0.4, 0.5) is 0 Å². The van der Waals surface area contributed by atoms with Crippen LogP contribution < -0.4 is 0 Å². The third-order valence-corrected chi connectivity index (χ3v) is 2.66. The number of ether oxygens (including phenoxy) is 1. The van der Waals surface area contributed by atoms with E-state index in [9.17, 15) is 4.79 Å². The lowest BCUT2D eigenvalue weighted by Gasteiger charge is -2.26. The zero-order chi connectivity index (χ0) is 12.1. The predicted octanol–water partition coefficient (Wildman–Crippen LogP) is 1.99. The smallest absolute Gasteiger partial charge is 0.173 e. The second kappa shape index (κ2) is 5.64. The van der Waals surface area contributed by atoms with Crippen molar-refractivity contribution in [3.63, 3.8) is 0 Å². The maximum absolute atomic E-state index is 11.6. The van der Waals surface area contributed by atoms with Crippen molar-refractivity contribution in [2.45, 2.75) is 13.5 Å². The van der Waals surface area contributed by atoms with Crippen LogP contribution in [0, 0.1) is 0 Å². The molecule has 0 spiro atoms. The van der Waals surface area contributed by atoms with Crippen LogP contribution in [0.2, 0.25) is 0 Å². The molecule has 0 aromatic heterocycles. The van der Waals surface area contributed by atoms with Gasteiger partial charge in [0, 0.05) is 12.6 Å². The second-order valence-electron chi connectivity index (χ2n) is 4.14. The number of hydrogen-bond acceptors (Lipinski definition) is 3. The highest BCUT2D eigenvalue weighted by atomic mass is 16.5. The molecule has 0 atom stereocenters. The van der Waals surface area contributed by atoms with Crippen LogP contribution in [0.25, 0.3) is 0 Å². The Kier molecular flexibility index (Phi) is 3.94. The minimum absolute atomic E-state index is 0.121. The van der Waals surface area contributed by atoms with E-state index < -0.39 is 0 Å². The Morgan fingerprint density at radius 1 is 1.24 bits per heavy atom. The molecule has 3 heteroatoms. The molecule has 0 radical (unpaired) electrons. The zero-order valence-electron chi connectivity index (χ0n) is 10.1. The summed E-state index contributed by atoms with van der Waals surface area (Å²) in [6.45, 7) is 4.52. The molecule has 1 aromatic carbocycles. The lowest BCUT2D eigenvalue weighted by Crippen LogP contribution is -2.35. The van der Waals surface area contributed by atoms with Crippen molar-refractivity contribution in [1.82, 2.24) is 4.90 Å². The van der Waals surface area contributed by atoms with E-state index >= 15 is 0 Å². The van der Waals surface area contributed by atoms with Gasteiger partial charge in [-0.05, 0) is 12.5 Å². The molecule has 0 fully saturated rings. The first-order valence-electron chi connectivity index (χ1n) is 5.90. The molecule has 0 unspecified atom stereocenters. The molecule has 0 aliphatic carbocycles. The minimum atomic E-state index is 0.121. The van der Waals surface area contributed by atoms with E-state index in [2.05, 4.69) is 17.0 Å². The molecule has 17 heavy (non-hydrogen) atoms. The van der Waals surface area contributed by atoms with E-state index in [1.165, 1.54) is 5.56 Å². The summed E-state index contributed by atoms with van der Waals surface area (Å²) >= 11 is 0. The molecule has 3 nitrogen and oxygen atoms in total. The van der Waals surface area contributed by atoms with Gasteiger partial charge in [-0.2, -0.15) is 0 Å².